The van der Waals surface area contributed by atoms with E-state index in [1.807, 2.05) is 36.4 Å². The fourth-order valence-electron chi connectivity index (χ4n) is 2.39. The van der Waals surface area contributed by atoms with Gasteiger partial charge in [-0.1, -0.05) is 0 Å². The van der Waals surface area contributed by atoms with E-state index in [2.05, 4.69) is 26.3 Å². The maximum atomic E-state index is 5.26. The molecule has 6 heteroatoms. The zero-order valence-electron chi connectivity index (χ0n) is 11.7. The second-order valence-electron chi connectivity index (χ2n) is 4.86. The maximum absolute atomic E-state index is 5.26. The van der Waals surface area contributed by atoms with Crippen molar-refractivity contribution in [2.75, 3.05) is 13.1 Å². The van der Waals surface area contributed by atoms with Crippen molar-refractivity contribution >= 4 is 41.4 Å². The molecule has 3 heterocycles. The third-order valence-electron chi connectivity index (χ3n) is 3.40. The molecule has 112 valence electrons. The fourth-order valence-corrected chi connectivity index (χ4v) is 2.39. The summed E-state index contributed by atoms with van der Waals surface area (Å²) in [5, 5.41) is 3.28. The fraction of sp³-hybridized carbons (Fsp3) is 0.125. The molecule has 22 heavy (non-hydrogen) atoms. The first-order chi connectivity index (χ1) is 10.4. The molecule has 2 aromatic heterocycles. The monoisotopic (exact) mass is 314 g/mol. The topological polar surface area (TPSA) is 66.2 Å². The van der Waals surface area contributed by atoms with Crippen LogP contribution < -0.4 is 5.32 Å². The number of aliphatic imine (C=N–C) groups is 1. The number of nitrogens with zero attached hydrogens (tertiary/aromatic N) is 2. The van der Waals surface area contributed by atoms with Crippen LogP contribution in [0.4, 0.5) is 0 Å². The van der Waals surface area contributed by atoms with E-state index in [0.29, 0.717) is 0 Å². The van der Waals surface area contributed by atoms with Crippen LogP contribution in [0.5, 0.6) is 0 Å². The van der Waals surface area contributed by atoms with Gasteiger partial charge in [-0.3, -0.25) is 4.99 Å². The minimum atomic E-state index is 0. The number of benzene rings is 1. The summed E-state index contributed by atoms with van der Waals surface area (Å²) in [5.41, 5.74) is 3.03. The lowest BCUT2D eigenvalue weighted by Crippen LogP contribution is -2.19. The molecule has 0 amide bonds. The molecular formula is C16H15ClN4O. The summed E-state index contributed by atoms with van der Waals surface area (Å²) in [5.74, 6) is 2.57. The standard InChI is InChI=1S/C16H14N4O.ClH/c1-2-12(21-9-1)4-6-15-19-13-5-3-11(10-14(13)20-15)16-17-7-8-18-16;/h1-6,9-10H,7-8H2,(H,17,18)(H,19,20);1H/b6-4+;. The van der Waals surface area contributed by atoms with Crippen molar-refractivity contribution in [1.82, 2.24) is 15.3 Å². The summed E-state index contributed by atoms with van der Waals surface area (Å²) in [7, 11) is 0. The highest BCUT2D eigenvalue weighted by Gasteiger charge is 2.09. The molecule has 1 aliphatic heterocycles. The first-order valence-corrected chi connectivity index (χ1v) is 6.88. The van der Waals surface area contributed by atoms with E-state index in [4.69, 9.17) is 4.42 Å². The van der Waals surface area contributed by atoms with Crippen molar-refractivity contribution in [2.45, 2.75) is 0 Å². The average molecular weight is 315 g/mol. The molecule has 0 atom stereocenters. The molecule has 0 saturated heterocycles. The number of hydrogen-bond acceptors (Lipinski definition) is 4. The van der Waals surface area contributed by atoms with Gasteiger partial charge < -0.3 is 14.7 Å². The largest absolute Gasteiger partial charge is 0.465 e. The van der Waals surface area contributed by atoms with Crippen LogP contribution in [0.3, 0.4) is 0 Å². The first-order valence-electron chi connectivity index (χ1n) is 6.88. The third kappa shape index (κ3) is 2.76. The zero-order valence-corrected chi connectivity index (χ0v) is 12.6. The molecule has 1 aliphatic rings. The molecule has 0 bridgehead atoms. The van der Waals surface area contributed by atoms with Crippen LogP contribution in [-0.2, 0) is 0 Å². The lowest BCUT2D eigenvalue weighted by Gasteiger charge is -2.01. The number of nitrogens with one attached hydrogen (secondary N) is 2. The summed E-state index contributed by atoms with van der Waals surface area (Å²) in [6, 6.07) is 9.89. The Balaban J connectivity index is 0.00000144. The molecule has 5 nitrogen and oxygen atoms in total. The highest BCUT2D eigenvalue weighted by molar-refractivity contribution is 6.02. The third-order valence-corrected chi connectivity index (χ3v) is 3.40. The summed E-state index contributed by atoms with van der Waals surface area (Å²) >= 11 is 0. The summed E-state index contributed by atoms with van der Waals surface area (Å²) in [6.07, 6.45) is 5.45. The van der Waals surface area contributed by atoms with Crippen LogP contribution in [0.25, 0.3) is 23.2 Å². The molecule has 0 saturated carbocycles. The maximum Gasteiger partial charge on any atom is 0.131 e. The van der Waals surface area contributed by atoms with Gasteiger partial charge in [0.15, 0.2) is 0 Å². The van der Waals surface area contributed by atoms with E-state index < -0.39 is 0 Å². The van der Waals surface area contributed by atoms with E-state index >= 15 is 0 Å². The first kappa shape index (κ1) is 14.4. The number of H-pyrrole nitrogens is 1. The minimum Gasteiger partial charge on any atom is -0.465 e. The number of imidazole rings is 1. The Morgan fingerprint density at radius 2 is 2.14 bits per heavy atom. The Labute approximate surface area is 133 Å². The summed E-state index contributed by atoms with van der Waals surface area (Å²) in [4.78, 5) is 12.3. The van der Waals surface area contributed by atoms with Crippen LogP contribution >= 0.6 is 12.4 Å². The van der Waals surface area contributed by atoms with Gasteiger partial charge in [0, 0.05) is 12.1 Å². The Morgan fingerprint density at radius 1 is 1.18 bits per heavy atom. The van der Waals surface area contributed by atoms with Gasteiger partial charge >= 0.3 is 0 Å². The number of hydrogen-bond donors (Lipinski definition) is 2. The van der Waals surface area contributed by atoms with E-state index in [1.54, 1.807) is 6.26 Å². The second kappa shape index (κ2) is 6.07. The highest BCUT2D eigenvalue weighted by Crippen LogP contribution is 2.16. The molecule has 0 spiro atoms. The normalized spacial score (nSPS) is 14.1. The van der Waals surface area contributed by atoms with E-state index in [9.17, 15) is 0 Å². The van der Waals surface area contributed by atoms with Gasteiger partial charge in [0.2, 0.25) is 0 Å². The molecule has 1 aromatic carbocycles. The van der Waals surface area contributed by atoms with Gasteiger partial charge in [-0.25, -0.2) is 4.98 Å². The Hall–Kier alpha value is -2.53. The number of aromatic amines is 1. The zero-order chi connectivity index (χ0) is 14.1. The Kier molecular flexibility index (Phi) is 3.98. The van der Waals surface area contributed by atoms with Gasteiger partial charge in [0.25, 0.3) is 0 Å². The number of amidine groups is 1. The van der Waals surface area contributed by atoms with E-state index in [0.717, 1.165) is 47.1 Å². The average Bonchev–Trinajstić information content (AvgIpc) is 3.24. The number of furan rings is 1. The van der Waals surface area contributed by atoms with Crippen molar-refractivity contribution < 1.29 is 4.42 Å². The summed E-state index contributed by atoms with van der Waals surface area (Å²) < 4.78 is 5.26. The Morgan fingerprint density at radius 3 is 2.91 bits per heavy atom. The Bertz CT molecular complexity index is 833. The minimum absolute atomic E-state index is 0. The van der Waals surface area contributed by atoms with Crippen LogP contribution in [0.2, 0.25) is 0 Å². The molecule has 0 unspecified atom stereocenters. The molecule has 4 rings (SSSR count). The SMILES string of the molecule is C(=C\c1ccco1)/c1nc2ccc(C3=NCCN3)cc2[nH]1.Cl. The van der Waals surface area contributed by atoms with Gasteiger partial charge in [-0.2, -0.15) is 0 Å². The predicted molar refractivity (Wildman–Crippen MR) is 90.4 cm³/mol. The van der Waals surface area contributed by atoms with Crippen molar-refractivity contribution in [3.63, 3.8) is 0 Å². The van der Waals surface area contributed by atoms with Crippen molar-refractivity contribution in [1.29, 1.82) is 0 Å². The second-order valence-corrected chi connectivity index (χ2v) is 4.86. The summed E-state index contributed by atoms with van der Waals surface area (Å²) in [6.45, 7) is 1.75. The smallest absolute Gasteiger partial charge is 0.131 e. The highest BCUT2D eigenvalue weighted by atomic mass is 35.5. The predicted octanol–water partition coefficient (Wildman–Crippen LogP) is 3.10. The number of aromatic nitrogens is 2. The van der Waals surface area contributed by atoms with Crippen molar-refractivity contribution in [2.24, 2.45) is 4.99 Å². The van der Waals surface area contributed by atoms with Crippen molar-refractivity contribution in [3.8, 4) is 0 Å². The molecule has 0 aliphatic carbocycles. The molecule has 0 fully saturated rings. The number of fused-ring (bicyclic) bond motifs is 1. The van der Waals surface area contributed by atoms with E-state index in [1.165, 1.54) is 0 Å². The molecule has 0 radical (unpaired) electrons. The van der Waals surface area contributed by atoms with Gasteiger partial charge in [0.05, 0.1) is 23.8 Å². The van der Waals surface area contributed by atoms with Crippen LogP contribution in [-0.4, -0.2) is 28.9 Å². The van der Waals surface area contributed by atoms with Crippen LogP contribution in [0.1, 0.15) is 17.1 Å². The van der Waals surface area contributed by atoms with Crippen molar-refractivity contribution in [3.05, 3.63) is 53.7 Å². The molecule has 2 N–H and O–H groups in total. The van der Waals surface area contributed by atoms with Crippen LogP contribution in [0.15, 0.2) is 46.0 Å². The molecular weight excluding hydrogens is 300 g/mol. The van der Waals surface area contributed by atoms with E-state index in [-0.39, 0.29) is 12.4 Å². The lowest BCUT2D eigenvalue weighted by atomic mass is 10.2. The van der Waals surface area contributed by atoms with Crippen LogP contribution in [0, 0.1) is 0 Å². The van der Waals surface area contributed by atoms with Gasteiger partial charge in [-0.05, 0) is 42.5 Å². The van der Waals surface area contributed by atoms with Gasteiger partial charge in [0.1, 0.15) is 17.4 Å². The molecule has 3 aromatic rings. The number of rotatable bonds is 3. The number of halogens is 1. The quantitative estimate of drug-likeness (QED) is 0.780. The van der Waals surface area contributed by atoms with Gasteiger partial charge in [-0.15, -0.1) is 12.4 Å². The lowest BCUT2D eigenvalue weighted by molar-refractivity contribution is 0.557.